The summed E-state index contributed by atoms with van der Waals surface area (Å²) in [4.78, 5) is 23.4. The molecule has 1 aliphatic rings. The van der Waals surface area contributed by atoms with Crippen LogP contribution in [0.25, 0.3) is 22.3 Å². The van der Waals surface area contributed by atoms with E-state index in [-0.39, 0.29) is 18.0 Å². The van der Waals surface area contributed by atoms with Crippen molar-refractivity contribution in [2.75, 3.05) is 51.4 Å². The second-order valence-electron chi connectivity index (χ2n) is 7.99. The summed E-state index contributed by atoms with van der Waals surface area (Å²) in [6.07, 6.45) is -3.16. The number of methoxy groups -OCH3 is 1. The SMILES string of the molecule is COCCOC(=O)NN1CCN(c2nc(-c3ccccc3C(F)F)nc3cc(C)ccc23)CC1. The third-order valence-electron chi connectivity index (χ3n) is 5.62. The number of piperazine rings is 1. The molecule has 0 radical (unpaired) electrons. The fraction of sp³-hybridized carbons (Fsp3) is 0.375. The minimum absolute atomic E-state index is 0.0959. The summed E-state index contributed by atoms with van der Waals surface area (Å²) in [7, 11) is 1.54. The van der Waals surface area contributed by atoms with Crippen LogP contribution in [-0.4, -0.2) is 67.6 Å². The van der Waals surface area contributed by atoms with Gasteiger partial charge in [0.2, 0.25) is 0 Å². The van der Waals surface area contributed by atoms with Gasteiger partial charge in [-0.2, -0.15) is 0 Å². The normalized spacial score (nSPS) is 14.6. The molecule has 0 bridgehead atoms. The van der Waals surface area contributed by atoms with Crippen LogP contribution >= 0.6 is 0 Å². The molecule has 0 spiro atoms. The Bertz CT molecular complexity index is 1150. The number of amides is 1. The summed E-state index contributed by atoms with van der Waals surface area (Å²) in [6, 6.07) is 12.2. The van der Waals surface area contributed by atoms with Crippen LogP contribution in [0.5, 0.6) is 0 Å². The highest BCUT2D eigenvalue weighted by atomic mass is 19.3. The van der Waals surface area contributed by atoms with Gasteiger partial charge in [0.15, 0.2) is 5.82 Å². The zero-order chi connectivity index (χ0) is 24.1. The first-order valence-corrected chi connectivity index (χ1v) is 11.0. The highest BCUT2D eigenvalue weighted by Gasteiger charge is 2.24. The molecule has 1 aliphatic heterocycles. The number of anilines is 1. The van der Waals surface area contributed by atoms with Crippen molar-refractivity contribution >= 4 is 22.8 Å². The summed E-state index contributed by atoms with van der Waals surface area (Å²) in [5.74, 6) is 0.956. The molecule has 8 nitrogen and oxygen atoms in total. The van der Waals surface area contributed by atoms with E-state index in [1.54, 1.807) is 23.2 Å². The van der Waals surface area contributed by atoms with E-state index in [1.165, 1.54) is 13.2 Å². The van der Waals surface area contributed by atoms with Gasteiger partial charge in [0.05, 0.1) is 12.1 Å². The molecule has 1 aromatic heterocycles. The Morgan fingerprint density at radius 3 is 2.59 bits per heavy atom. The number of nitrogens with zero attached hydrogens (tertiary/aromatic N) is 4. The molecular weight excluding hydrogens is 444 g/mol. The molecule has 0 aliphatic carbocycles. The number of aromatic nitrogens is 2. The molecule has 180 valence electrons. The predicted molar refractivity (Wildman–Crippen MR) is 125 cm³/mol. The van der Waals surface area contributed by atoms with E-state index in [0.717, 1.165) is 10.9 Å². The van der Waals surface area contributed by atoms with Gasteiger partial charge < -0.3 is 14.4 Å². The van der Waals surface area contributed by atoms with Crippen molar-refractivity contribution in [3.63, 3.8) is 0 Å². The average Bonchev–Trinajstić information content (AvgIpc) is 2.84. The maximum absolute atomic E-state index is 13.7. The van der Waals surface area contributed by atoms with Crippen molar-refractivity contribution in [1.82, 2.24) is 20.4 Å². The molecule has 34 heavy (non-hydrogen) atoms. The van der Waals surface area contributed by atoms with Crippen LogP contribution in [-0.2, 0) is 9.47 Å². The number of benzene rings is 2. The zero-order valence-electron chi connectivity index (χ0n) is 19.1. The molecule has 2 heterocycles. The number of alkyl halides is 2. The lowest BCUT2D eigenvalue weighted by Gasteiger charge is -2.35. The topological polar surface area (TPSA) is 79.8 Å². The van der Waals surface area contributed by atoms with Crippen LogP contribution < -0.4 is 10.3 Å². The van der Waals surface area contributed by atoms with Crippen molar-refractivity contribution < 1.29 is 23.0 Å². The van der Waals surface area contributed by atoms with Crippen molar-refractivity contribution in [3.8, 4) is 11.4 Å². The quantitative estimate of drug-likeness (QED) is 0.523. The number of nitrogens with one attached hydrogen (secondary N) is 1. The summed E-state index contributed by atoms with van der Waals surface area (Å²) >= 11 is 0. The van der Waals surface area contributed by atoms with E-state index in [0.29, 0.717) is 49.7 Å². The number of aryl methyl sites for hydroxylation is 1. The minimum Gasteiger partial charge on any atom is -0.446 e. The molecule has 1 saturated heterocycles. The summed E-state index contributed by atoms with van der Waals surface area (Å²) in [6.45, 7) is 4.71. The number of hydrogen-bond donors (Lipinski definition) is 1. The minimum atomic E-state index is -2.63. The summed E-state index contributed by atoms with van der Waals surface area (Å²) < 4.78 is 37.3. The van der Waals surface area contributed by atoms with E-state index in [9.17, 15) is 13.6 Å². The monoisotopic (exact) mass is 471 g/mol. The lowest BCUT2D eigenvalue weighted by atomic mass is 10.1. The Morgan fingerprint density at radius 2 is 1.85 bits per heavy atom. The molecule has 1 amide bonds. The van der Waals surface area contributed by atoms with E-state index < -0.39 is 12.5 Å². The Balaban J connectivity index is 1.59. The average molecular weight is 472 g/mol. The highest BCUT2D eigenvalue weighted by Crippen LogP contribution is 2.33. The number of ether oxygens (including phenoxy) is 2. The molecule has 0 atom stereocenters. The number of hydrazine groups is 1. The first-order valence-electron chi connectivity index (χ1n) is 11.0. The molecular formula is C24H27F2N5O3. The van der Waals surface area contributed by atoms with Crippen LogP contribution in [0.2, 0.25) is 0 Å². The van der Waals surface area contributed by atoms with Crippen LogP contribution in [0.15, 0.2) is 42.5 Å². The molecule has 4 rings (SSSR count). The van der Waals surface area contributed by atoms with Crippen LogP contribution in [0.1, 0.15) is 17.6 Å². The number of carbonyl (C=O) groups excluding carboxylic acids is 1. The van der Waals surface area contributed by atoms with Gasteiger partial charge in [-0.15, -0.1) is 0 Å². The number of hydrogen-bond acceptors (Lipinski definition) is 7. The van der Waals surface area contributed by atoms with Gasteiger partial charge in [0.1, 0.15) is 12.4 Å². The van der Waals surface area contributed by atoms with E-state index in [4.69, 9.17) is 14.5 Å². The number of fused-ring (bicyclic) bond motifs is 1. The lowest BCUT2D eigenvalue weighted by molar-refractivity contribution is 0.0750. The third-order valence-corrected chi connectivity index (χ3v) is 5.62. The second kappa shape index (κ2) is 10.7. The van der Waals surface area contributed by atoms with E-state index in [2.05, 4.69) is 15.3 Å². The predicted octanol–water partition coefficient (Wildman–Crippen LogP) is 3.95. The van der Waals surface area contributed by atoms with Crippen molar-refractivity contribution in [3.05, 3.63) is 53.6 Å². The Kier molecular flexibility index (Phi) is 7.49. The lowest BCUT2D eigenvalue weighted by Crippen LogP contribution is -2.54. The van der Waals surface area contributed by atoms with Gasteiger partial charge in [-0.1, -0.05) is 30.3 Å². The summed E-state index contributed by atoms with van der Waals surface area (Å²) in [5.41, 5.74) is 4.67. The van der Waals surface area contributed by atoms with Gasteiger partial charge in [0, 0.05) is 49.8 Å². The van der Waals surface area contributed by atoms with Crippen molar-refractivity contribution in [2.45, 2.75) is 13.3 Å². The van der Waals surface area contributed by atoms with Crippen molar-refractivity contribution in [1.29, 1.82) is 0 Å². The van der Waals surface area contributed by atoms with Gasteiger partial charge >= 0.3 is 6.09 Å². The van der Waals surface area contributed by atoms with E-state index in [1.807, 2.05) is 25.1 Å². The van der Waals surface area contributed by atoms with Gasteiger partial charge in [-0.3, -0.25) is 5.43 Å². The largest absolute Gasteiger partial charge is 0.446 e. The number of rotatable bonds is 7. The van der Waals surface area contributed by atoms with Gasteiger partial charge in [-0.25, -0.2) is 28.6 Å². The van der Waals surface area contributed by atoms with Gasteiger partial charge in [0.25, 0.3) is 6.43 Å². The van der Waals surface area contributed by atoms with Crippen LogP contribution in [0.3, 0.4) is 0 Å². The standard InChI is InChI=1S/C24H27F2N5O3/c1-16-7-8-19-20(15-16)27-22(18-6-4-3-5-17(18)21(25)26)28-23(19)30-9-11-31(12-10-30)29-24(32)34-14-13-33-2/h3-8,15,21H,9-14H2,1-2H3,(H,29,32). The fourth-order valence-corrected chi connectivity index (χ4v) is 3.88. The zero-order valence-corrected chi connectivity index (χ0v) is 19.1. The Morgan fingerprint density at radius 1 is 1.09 bits per heavy atom. The molecule has 10 heteroatoms. The highest BCUT2D eigenvalue weighted by molar-refractivity contribution is 5.91. The van der Waals surface area contributed by atoms with Crippen LogP contribution in [0.4, 0.5) is 19.4 Å². The first kappa shape index (κ1) is 23.8. The molecule has 0 unspecified atom stereocenters. The smallest absolute Gasteiger partial charge is 0.421 e. The summed E-state index contributed by atoms with van der Waals surface area (Å²) in [5, 5.41) is 2.64. The second-order valence-corrected chi connectivity index (χ2v) is 7.99. The molecule has 3 aromatic rings. The molecule has 1 fully saturated rings. The maximum atomic E-state index is 13.7. The Hall–Kier alpha value is -3.37. The molecule has 2 aromatic carbocycles. The van der Waals surface area contributed by atoms with E-state index >= 15 is 0 Å². The van der Waals surface area contributed by atoms with Crippen LogP contribution in [0, 0.1) is 6.92 Å². The fourth-order valence-electron chi connectivity index (χ4n) is 3.88. The third kappa shape index (κ3) is 5.40. The van der Waals surface area contributed by atoms with Gasteiger partial charge in [-0.05, 0) is 24.6 Å². The molecule has 1 N–H and O–H groups in total. The first-order chi connectivity index (χ1) is 16.5. The van der Waals surface area contributed by atoms with Crippen molar-refractivity contribution in [2.24, 2.45) is 0 Å². The Labute approximate surface area is 196 Å². The molecule has 0 saturated carbocycles. The maximum Gasteiger partial charge on any atom is 0.421 e. The number of carbonyl (C=O) groups is 1. The number of halogens is 2.